The molecule has 0 saturated carbocycles. The molecule has 76 valence electrons. The zero-order chi connectivity index (χ0) is 10.7. The molecular formula is C13H15N2+. The Labute approximate surface area is 90.2 Å². The van der Waals surface area contributed by atoms with Crippen LogP contribution >= 0.6 is 0 Å². The number of anilines is 2. The lowest BCUT2D eigenvalue weighted by Gasteiger charge is -2.18. The summed E-state index contributed by atoms with van der Waals surface area (Å²) in [6, 6.07) is 12.6. The van der Waals surface area contributed by atoms with Gasteiger partial charge in [0.25, 0.3) is 0 Å². The van der Waals surface area contributed by atoms with Crippen LogP contribution in [-0.4, -0.2) is 7.05 Å². The molecule has 0 amide bonds. The maximum Gasteiger partial charge on any atom is 0.169 e. The monoisotopic (exact) mass is 199 g/mol. The van der Waals surface area contributed by atoms with Crippen molar-refractivity contribution in [2.75, 3.05) is 11.9 Å². The number of hydrogen-bond donors (Lipinski definition) is 0. The molecule has 0 aliphatic heterocycles. The number of aromatic nitrogens is 1. The molecule has 1 aromatic carbocycles. The zero-order valence-corrected chi connectivity index (χ0v) is 9.07. The van der Waals surface area contributed by atoms with Crippen LogP contribution < -0.4 is 9.88 Å². The number of nitrogens with zero attached hydrogens (tertiary/aromatic N) is 1. The lowest BCUT2D eigenvalue weighted by molar-refractivity contribution is -0.377. The first-order chi connectivity index (χ1) is 7.27. The third kappa shape index (κ3) is 2.15. The van der Waals surface area contributed by atoms with Gasteiger partial charge < -0.3 is 4.90 Å². The summed E-state index contributed by atoms with van der Waals surface area (Å²) in [4.78, 5) is 5.18. The van der Waals surface area contributed by atoms with Crippen LogP contribution in [0.4, 0.5) is 11.4 Å². The highest BCUT2D eigenvalue weighted by molar-refractivity contribution is 5.61. The minimum Gasteiger partial charge on any atom is -0.344 e. The summed E-state index contributed by atoms with van der Waals surface area (Å²) in [5.41, 5.74) is 3.66. The molecule has 2 aromatic rings. The molecule has 0 unspecified atom stereocenters. The van der Waals surface area contributed by atoms with Crippen molar-refractivity contribution in [2.24, 2.45) is 0 Å². The van der Waals surface area contributed by atoms with Crippen molar-refractivity contribution in [3.8, 4) is 0 Å². The molecule has 0 radical (unpaired) electrons. The molecule has 0 saturated heterocycles. The Balaban J connectivity index is 2.29. The molecular weight excluding hydrogens is 184 g/mol. The number of benzene rings is 1. The van der Waals surface area contributed by atoms with Crippen molar-refractivity contribution < 1.29 is 4.98 Å². The molecule has 2 nitrogen and oxygen atoms in total. The van der Waals surface area contributed by atoms with Gasteiger partial charge in [0, 0.05) is 24.9 Å². The average Bonchev–Trinajstić information content (AvgIpc) is 2.30. The van der Waals surface area contributed by atoms with Crippen LogP contribution in [0.2, 0.25) is 0 Å². The third-order valence-electron chi connectivity index (χ3n) is 2.51. The van der Waals surface area contributed by atoms with Gasteiger partial charge in [-0.25, -0.2) is 4.98 Å². The van der Waals surface area contributed by atoms with Crippen LogP contribution in [0.15, 0.2) is 48.8 Å². The van der Waals surface area contributed by atoms with Gasteiger partial charge in [-0.1, -0.05) is 17.7 Å². The Morgan fingerprint density at radius 1 is 0.867 bits per heavy atom. The second-order valence-electron chi connectivity index (χ2n) is 3.65. The van der Waals surface area contributed by atoms with Gasteiger partial charge in [-0.15, -0.1) is 0 Å². The van der Waals surface area contributed by atoms with Gasteiger partial charge >= 0.3 is 0 Å². The molecule has 1 heterocycles. The summed E-state index contributed by atoms with van der Waals surface area (Å²) in [6.07, 6.45) is 3.86. The van der Waals surface area contributed by atoms with E-state index in [2.05, 4.69) is 60.3 Å². The fourth-order valence-corrected chi connectivity index (χ4v) is 1.52. The molecule has 1 N–H and O–H groups in total. The zero-order valence-electron chi connectivity index (χ0n) is 9.07. The van der Waals surface area contributed by atoms with E-state index in [1.165, 1.54) is 16.9 Å². The standard InChI is InChI=1S/C13H14N2/c1-11-3-5-12(6-4-11)15(2)13-7-9-14-10-8-13/h3-10H,1-2H3/p+1. The highest BCUT2D eigenvalue weighted by Crippen LogP contribution is 2.22. The summed E-state index contributed by atoms with van der Waals surface area (Å²) >= 11 is 0. The highest BCUT2D eigenvalue weighted by atomic mass is 15.1. The molecule has 1 aromatic heterocycles. The minimum absolute atomic E-state index is 1.18. The fourth-order valence-electron chi connectivity index (χ4n) is 1.52. The maximum atomic E-state index is 3.02. The van der Waals surface area contributed by atoms with Crippen molar-refractivity contribution in [3.05, 3.63) is 54.4 Å². The van der Waals surface area contributed by atoms with E-state index >= 15 is 0 Å². The Hall–Kier alpha value is -1.83. The van der Waals surface area contributed by atoms with Crippen LogP contribution in [0.25, 0.3) is 0 Å². The van der Waals surface area contributed by atoms with Gasteiger partial charge in [0.2, 0.25) is 0 Å². The van der Waals surface area contributed by atoms with E-state index in [4.69, 9.17) is 0 Å². The summed E-state index contributed by atoms with van der Waals surface area (Å²) in [7, 11) is 2.07. The van der Waals surface area contributed by atoms with Crippen LogP contribution in [0.5, 0.6) is 0 Å². The van der Waals surface area contributed by atoms with E-state index in [1.54, 1.807) is 0 Å². The largest absolute Gasteiger partial charge is 0.344 e. The molecule has 0 aliphatic rings. The predicted octanol–water partition coefficient (Wildman–Crippen LogP) is 2.58. The quantitative estimate of drug-likeness (QED) is 0.726. The van der Waals surface area contributed by atoms with Crippen molar-refractivity contribution in [2.45, 2.75) is 6.92 Å². The Bertz CT molecular complexity index is 420. The van der Waals surface area contributed by atoms with Crippen LogP contribution in [0.1, 0.15) is 5.56 Å². The smallest absolute Gasteiger partial charge is 0.169 e. The summed E-state index contributed by atoms with van der Waals surface area (Å²) < 4.78 is 0. The number of rotatable bonds is 2. The van der Waals surface area contributed by atoms with E-state index < -0.39 is 0 Å². The second-order valence-corrected chi connectivity index (χ2v) is 3.65. The lowest BCUT2D eigenvalue weighted by atomic mass is 10.2. The molecule has 0 bridgehead atoms. The minimum atomic E-state index is 1.18. The van der Waals surface area contributed by atoms with Crippen molar-refractivity contribution in [1.29, 1.82) is 0 Å². The summed E-state index contributed by atoms with van der Waals surface area (Å²) in [5, 5.41) is 0. The van der Waals surface area contributed by atoms with E-state index in [-0.39, 0.29) is 0 Å². The number of aromatic amines is 1. The molecule has 0 spiro atoms. The molecule has 2 rings (SSSR count). The number of aryl methyl sites for hydroxylation is 1. The Morgan fingerprint density at radius 3 is 2.00 bits per heavy atom. The lowest BCUT2D eigenvalue weighted by Crippen LogP contribution is -2.10. The number of nitrogens with one attached hydrogen (secondary N) is 1. The van der Waals surface area contributed by atoms with Gasteiger partial charge in [0.1, 0.15) is 0 Å². The first-order valence-corrected chi connectivity index (χ1v) is 5.04. The molecule has 0 fully saturated rings. The van der Waals surface area contributed by atoms with Crippen LogP contribution in [-0.2, 0) is 0 Å². The molecule has 2 heteroatoms. The Morgan fingerprint density at radius 2 is 1.40 bits per heavy atom. The number of hydrogen-bond acceptors (Lipinski definition) is 1. The van der Waals surface area contributed by atoms with Gasteiger partial charge in [-0.05, 0) is 19.1 Å². The topological polar surface area (TPSA) is 17.4 Å². The van der Waals surface area contributed by atoms with E-state index in [9.17, 15) is 0 Å². The van der Waals surface area contributed by atoms with Crippen molar-refractivity contribution in [3.63, 3.8) is 0 Å². The van der Waals surface area contributed by atoms with Crippen molar-refractivity contribution in [1.82, 2.24) is 0 Å². The molecule has 0 atom stereocenters. The van der Waals surface area contributed by atoms with Gasteiger partial charge in [-0.3, -0.25) is 0 Å². The maximum absolute atomic E-state index is 3.02. The number of pyridine rings is 1. The first-order valence-electron chi connectivity index (χ1n) is 5.04. The van der Waals surface area contributed by atoms with E-state index in [0.717, 1.165) is 0 Å². The second kappa shape index (κ2) is 4.13. The predicted molar refractivity (Wildman–Crippen MR) is 62.2 cm³/mol. The van der Waals surface area contributed by atoms with Gasteiger partial charge in [-0.2, -0.15) is 0 Å². The van der Waals surface area contributed by atoms with Crippen molar-refractivity contribution >= 4 is 11.4 Å². The summed E-state index contributed by atoms with van der Waals surface area (Å²) in [5.74, 6) is 0. The first kappa shape index (κ1) is 9.71. The highest BCUT2D eigenvalue weighted by Gasteiger charge is 2.03. The number of H-pyrrole nitrogens is 1. The normalized spacial score (nSPS) is 10.0. The SMILES string of the molecule is Cc1ccc(N(C)c2cc[nH+]cc2)cc1. The van der Waals surface area contributed by atoms with Crippen LogP contribution in [0.3, 0.4) is 0 Å². The Kier molecular flexibility index (Phi) is 2.68. The van der Waals surface area contributed by atoms with Gasteiger partial charge in [0.15, 0.2) is 12.4 Å². The summed E-state index contributed by atoms with van der Waals surface area (Å²) in [6.45, 7) is 2.10. The molecule has 15 heavy (non-hydrogen) atoms. The van der Waals surface area contributed by atoms with E-state index in [0.29, 0.717) is 0 Å². The third-order valence-corrected chi connectivity index (χ3v) is 2.51. The van der Waals surface area contributed by atoms with Gasteiger partial charge in [0.05, 0.1) is 5.69 Å². The van der Waals surface area contributed by atoms with Crippen LogP contribution in [0, 0.1) is 6.92 Å². The fraction of sp³-hybridized carbons (Fsp3) is 0.154. The molecule has 0 aliphatic carbocycles. The van der Waals surface area contributed by atoms with E-state index in [1.807, 2.05) is 12.4 Å². The average molecular weight is 199 g/mol.